The van der Waals surface area contributed by atoms with E-state index in [4.69, 9.17) is 0 Å². The zero-order valence-electron chi connectivity index (χ0n) is 21.9. The molecule has 0 saturated carbocycles. The normalized spacial score (nSPS) is 11.7. The molecule has 0 bridgehead atoms. The van der Waals surface area contributed by atoms with E-state index in [0.717, 1.165) is 11.1 Å². The molecular weight excluding hydrogens is 456 g/mol. The minimum Gasteiger partial charge on any atom is -0.0911 e. The number of rotatable bonds is 5. The van der Waals surface area contributed by atoms with E-state index in [-0.39, 0.29) is 0 Å². The van der Waals surface area contributed by atoms with Crippen molar-refractivity contribution < 1.29 is 0 Å². The molecule has 38 heavy (non-hydrogen) atoms. The number of hydrogen-bond donors (Lipinski definition) is 0. The van der Waals surface area contributed by atoms with Crippen molar-refractivity contribution in [1.29, 1.82) is 0 Å². The van der Waals surface area contributed by atoms with Crippen molar-refractivity contribution in [2.24, 2.45) is 0 Å². The van der Waals surface area contributed by atoms with Crippen LogP contribution < -0.4 is 0 Å². The molecule has 0 heterocycles. The van der Waals surface area contributed by atoms with Crippen molar-refractivity contribution >= 4 is 32.7 Å². The van der Waals surface area contributed by atoms with Crippen molar-refractivity contribution in [3.05, 3.63) is 168 Å². The lowest BCUT2D eigenvalue weighted by Gasteiger charge is -2.16. The van der Waals surface area contributed by atoms with E-state index in [0.29, 0.717) is 0 Å². The van der Waals surface area contributed by atoms with Gasteiger partial charge in [0.15, 0.2) is 0 Å². The summed E-state index contributed by atoms with van der Waals surface area (Å²) in [6.45, 7) is 8.89. The van der Waals surface area contributed by atoms with Gasteiger partial charge in [0.2, 0.25) is 0 Å². The Bertz CT molecular complexity index is 1820. The van der Waals surface area contributed by atoms with Crippen molar-refractivity contribution in [3.8, 4) is 11.1 Å². The van der Waals surface area contributed by atoms with Gasteiger partial charge in [0.05, 0.1) is 0 Å². The lowest BCUT2D eigenvalue weighted by molar-refractivity contribution is 1.40. The third-order valence-corrected chi connectivity index (χ3v) is 7.45. The standard InChI is InChI=1S/C38H30/c1-26-18-21-31(22-19-26)38(24-28(3)33-16-8-12-29-10-4-6-14-34(29)33)37-25-32(23-20-27(37)2)36-17-9-13-30-11-5-7-15-35(30)36/h4-25H,3H2,1-2H3/b38-24-. The summed E-state index contributed by atoms with van der Waals surface area (Å²) < 4.78 is 0. The van der Waals surface area contributed by atoms with Gasteiger partial charge in [0.1, 0.15) is 0 Å². The molecule has 0 heteroatoms. The second kappa shape index (κ2) is 10.00. The summed E-state index contributed by atoms with van der Waals surface area (Å²) in [6.07, 6.45) is 2.27. The Labute approximate surface area is 225 Å². The quantitative estimate of drug-likeness (QED) is 0.213. The zero-order chi connectivity index (χ0) is 26.1. The molecule has 182 valence electrons. The number of benzene rings is 6. The molecule has 6 aromatic rings. The predicted octanol–water partition coefficient (Wildman–Crippen LogP) is 10.4. The molecule has 0 aliphatic heterocycles. The lowest BCUT2D eigenvalue weighted by Crippen LogP contribution is -1.95. The van der Waals surface area contributed by atoms with E-state index in [2.05, 4.69) is 154 Å². The number of hydrogen-bond acceptors (Lipinski definition) is 0. The highest BCUT2D eigenvalue weighted by atomic mass is 14.2. The van der Waals surface area contributed by atoms with E-state index in [1.807, 2.05) is 0 Å². The second-order valence-corrected chi connectivity index (χ2v) is 10.0. The molecule has 0 aromatic heterocycles. The zero-order valence-corrected chi connectivity index (χ0v) is 21.9. The fraction of sp³-hybridized carbons (Fsp3) is 0.0526. The maximum atomic E-state index is 4.56. The molecule has 0 fully saturated rings. The summed E-state index contributed by atoms with van der Waals surface area (Å²) in [7, 11) is 0. The highest BCUT2D eigenvalue weighted by Crippen LogP contribution is 2.36. The van der Waals surface area contributed by atoms with Crippen molar-refractivity contribution in [2.45, 2.75) is 13.8 Å². The van der Waals surface area contributed by atoms with Crippen LogP contribution in [0.1, 0.15) is 27.8 Å². The molecule has 0 aliphatic carbocycles. The van der Waals surface area contributed by atoms with Gasteiger partial charge >= 0.3 is 0 Å². The minimum absolute atomic E-state index is 1.01. The second-order valence-electron chi connectivity index (χ2n) is 10.0. The maximum absolute atomic E-state index is 4.56. The summed E-state index contributed by atoms with van der Waals surface area (Å²) in [5.41, 5.74) is 10.7. The van der Waals surface area contributed by atoms with Crippen LogP contribution in [0.15, 0.2) is 140 Å². The molecular formula is C38H30. The smallest absolute Gasteiger partial charge is 0.0103 e. The molecule has 6 aromatic carbocycles. The lowest BCUT2D eigenvalue weighted by atomic mass is 9.88. The summed E-state index contributed by atoms with van der Waals surface area (Å²) in [4.78, 5) is 0. The van der Waals surface area contributed by atoms with Gasteiger partial charge in [-0.15, -0.1) is 0 Å². The molecule has 0 aliphatic rings. The Morgan fingerprint density at radius 3 is 1.97 bits per heavy atom. The average molecular weight is 487 g/mol. The van der Waals surface area contributed by atoms with Crippen LogP contribution in [0, 0.1) is 13.8 Å². The first-order chi connectivity index (χ1) is 18.6. The molecule has 0 atom stereocenters. The Morgan fingerprint density at radius 2 is 1.21 bits per heavy atom. The molecule has 0 unspecified atom stereocenters. The van der Waals surface area contributed by atoms with Crippen LogP contribution >= 0.6 is 0 Å². The van der Waals surface area contributed by atoms with Crippen LogP contribution in [-0.2, 0) is 0 Å². The first kappa shape index (κ1) is 23.7. The van der Waals surface area contributed by atoms with Crippen molar-refractivity contribution in [3.63, 3.8) is 0 Å². The Morgan fingerprint density at radius 1 is 0.579 bits per heavy atom. The number of fused-ring (bicyclic) bond motifs is 2. The molecule has 0 radical (unpaired) electrons. The van der Waals surface area contributed by atoms with Gasteiger partial charge in [-0.1, -0.05) is 133 Å². The van der Waals surface area contributed by atoms with Gasteiger partial charge in [0, 0.05) is 0 Å². The van der Waals surface area contributed by atoms with Gasteiger partial charge in [-0.2, -0.15) is 0 Å². The topological polar surface area (TPSA) is 0 Å². The minimum atomic E-state index is 1.01. The molecule has 0 amide bonds. The maximum Gasteiger partial charge on any atom is -0.0103 e. The van der Waals surface area contributed by atoms with Crippen molar-refractivity contribution in [1.82, 2.24) is 0 Å². The van der Waals surface area contributed by atoms with E-state index >= 15 is 0 Å². The fourth-order valence-corrected chi connectivity index (χ4v) is 5.36. The van der Waals surface area contributed by atoms with Crippen LogP contribution in [0.3, 0.4) is 0 Å². The first-order valence-corrected chi connectivity index (χ1v) is 13.1. The summed E-state index contributed by atoms with van der Waals surface area (Å²) in [5.74, 6) is 0. The monoisotopic (exact) mass is 486 g/mol. The first-order valence-electron chi connectivity index (χ1n) is 13.1. The molecule has 0 saturated heterocycles. The average Bonchev–Trinajstić information content (AvgIpc) is 2.96. The van der Waals surface area contributed by atoms with Gasteiger partial charge in [-0.25, -0.2) is 0 Å². The SMILES string of the molecule is C=C(/C=C(/c1ccc(C)cc1)c1cc(-c2cccc3ccccc23)ccc1C)c1cccc2ccccc12. The third kappa shape index (κ3) is 4.46. The molecule has 0 N–H and O–H groups in total. The Kier molecular flexibility index (Phi) is 6.23. The van der Waals surface area contributed by atoms with Gasteiger partial charge in [-0.05, 0) is 92.1 Å². The van der Waals surface area contributed by atoms with Gasteiger partial charge in [0.25, 0.3) is 0 Å². The number of allylic oxidation sites excluding steroid dienone is 2. The fourth-order valence-electron chi connectivity index (χ4n) is 5.36. The Balaban J connectivity index is 1.54. The highest BCUT2D eigenvalue weighted by Gasteiger charge is 2.13. The summed E-state index contributed by atoms with van der Waals surface area (Å²) in [5, 5.41) is 4.97. The largest absolute Gasteiger partial charge is 0.0911 e. The van der Waals surface area contributed by atoms with E-state index in [1.165, 1.54) is 60.5 Å². The van der Waals surface area contributed by atoms with E-state index in [1.54, 1.807) is 0 Å². The molecule has 6 rings (SSSR count). The van der Waals surface area contributed by atoms with E-state index in [9.17, 15) is 0 Å². The van der Waals surface area contributed by atoms with Gasteiger partial charge < -0.3 is 0 Å². The number of aryl methyl sites for hydroxylation is 2. The third-order valence-electron chi connectivity index (χ3n) is 7.45. The van der Waals surface area contributed by atoms with Crippen LogP contribution in [0.4, 0.5) is 0 Å². The van der Waals surface area contributed by atoms with Crippen LogP contribution in [-0.4, -0.2) is 0 Å². The van der Waals surface area contributed by atoms with Crippen LogP contribution in [0.5, 0.6) is 0 Å². The predicted molar refractivity (Wildman–Crippen MR) is 165 cm³/mol. The Hall–Kier alpha value is -4.68. The highest BCUT2D eigenvalue weighted by molar-refractivity contribution is 6.01. The molecule has 0 spiro atoms. The summed E-state index contributed by atoms with van der Waals surface area (Å²) >= 11 is 0. The van der Waals surface area contributed by atoms with Gasteiger partial charge in [-0.3, -0.25) is 0 Å². The van der Waals surface area contributed by atoms with E-state index < -0.39 is 0 Å². The molecule has 0 nitrogen and oxygen atoms in total. The van der Waals surface area contributed by atoms with Crippen molar-refractivity contribution in [2.75, 3.05) is 0 Å². The van der Waals surface area contributed by atoms with Crippen LogP contribution in [0.2, 0.25) is 0 Å². The van der Waals surface area contributed by atoms with Crippen LogP contribution in [0.25, 0.3) is 43.8 Å². The summed E-state index contributed by atoms with van der Waals surface area (Å²) in [6, 6.07) is 45.8.